The van der Waals surface area contributed by atoms with Crippen LogP contribution in [0.2, 0.25) is 5.02 Å². The number of sulfonamides is 1. The lowest BCUT2D eigenvalue weighted by Crippen LogP contribution is -2.40. The fraction of sp³-hybridized carbons (Fsp3) is 0.500. The lowest BCUT2D eigenvalue weighted by atomic mass is 9.93. The first-order chi connectivity index (χ1) is 9.79. The Hall–Kier alpha value is -1.22. The van der Waals surface area contributed by atoms with Gasteiger partial charge in [0.1, 0.15) is 5.02 Å². The summed E-state index contributed by atoms with van der Waals surface area (Å²) in [5, 5.41) is 10.7. The second-order valence-electron chi connectivity index (χ2n) is 5.10. The molecule has 1 aliphatic carbocycles. The van der Waals surface area contributed by atoms with E-state index in [1.807, 2.05) is 0 Å². The van der Waals surface area contributed by atoms with Gasteiger partial charge in [0.2, 0.25) is 10.0 Å². The van der Waals surface area contributed by atoms with Gasteiger partial charge in [-0.2, -0.15) is 0 Å². The third kappa shape index (κ3) is 3.91. The predicted molar refractivity (Wildman–Crippen MR) is 78.7 cm³/mol. The quantitative estimate of drug-likeness (QED) is 0.643. The highest BCUT2D eigenvalue weighted by molar-refractivity contribution is 7.89. The van der Waals surface area contributed by atoms with Gasteiger partial charge in [0.15, 0.2) is 0 Å². The van der Waals surface area contributed by atoms with E-state index in [0.29, 0.717) is 12.8 Å². The third-order valence-electron chi connectivity index (χ3n) is 3.52. The van der Waals surface area contributed by atoms with Crippen molar-refractivity contribution < 1.29 is 13.3 Å². The summed E-state index contributed by atoms with van der Waals surface area (Å²) in [5.41, 5.74) is 5.35. The van der Waals surface area contributed by atoms with Crippen molar-refractivity contribution in [2.75, 3.05) is 0 Å². The molecule has 0 spiro atoms. The van der Waals surface area contributed by atoms with E-state index in [9.17, 15) is 18.5 Å². The van der Waals surface area contributed by atoms with Gasteiger partial charge in [0.05, 0.1) is 9.82 Å². The lowest BCUT2D eigenvalue weighted by molar-refractivity contribution is -0.384. The molecule has 7 nitrogen and oxygen atoms in total. The number of nitrogens with two attached hydrogens (primary N) is 1. The molecule has 116 valence electrons. The number of rotatable bonds is 4. The van der Waals surface area contributed by atoms with E-state index in [1.165, 1.54) is 12.1 Å². The Morgan fingerprint density at radius 3 is 2.48 bits per heavy atom. The highest BCUT2D eigenvalue weighted by Gasteiger charge is 2.26. The second-order valence-corrected chi connectivity index (χ2v) is 7.22. The standard InChI is InChI=1S/C12H16ClN3O4S/c13-11-6-5-10(7-12(11)16(17)18)21(19,20)15-9-3-1-8(14)2-4-9/h5-9,15H,1-4,14H2. The van der Waals surface area contributed by atoms with Crippen LogP contribution in [0.5, 0.6) is 0 Å². The smallest absolute Gasteiger partial charge is 0.289 e. The largest absolute Gasteiger partial charge is 0.328 e. The molecule has 0 radical (unpaired) electrons. The Morgan fingerprint density at radius 1 is 1.29 bits per heavy atom. The van der Waals surface area contributed by atoms with E-state index in [0.717, 1.165) is 18.9 Å². The summed E-state index contributed by atoms with van der Waals surface area (Å²) in [7, 11) is -3.80. The van der Waals surface area contributed by atoms with Crippen LogP contribution < -0.4 is 10.5 Å². The molecule has 1 aromatic rings. The van der Waals surface area contributed by atoms with Crippen molar-refractivity contribution >= 4 is 27.3 Å². The van der Waals surface area contributed by atoms with Crippen LogP contribution in [-0.2, 0) is 10.0 Å². The average molecular weight is 334 g/mol. The zero-order valence-electron chi connectivity index (χ0n) is 11.2. The summed E-state index contributed by atoms with van der Waals surface area (Å²) in [4.78, 5) is 9.95. The zero-order valence-corrected chi connectivity index (χ0v) is 12.7. The van der Waals surface area contributed by atoms with Crippen molar-refractivity contribution in [1.29, 1.82) is 0 Å². The van der Waals surface area contributed by atoms with Gasteiger partial charge in [0, 0.05) is 18.2 Å². The summed E-state index contributed by atoms with van der Waals surface area (Å²) in [5.74, 6) is 0. The van der Waals surface area contributed by atoms with Crippen molar-refractivity contribution in [2.45, 2.75) is 42.7 Å². The van der Waals surface area contributed by atoms with Crippen molar-refractivity contribution in [3.8, 4) is 0 Å². The molecule has 0 heterocycles. The number of hydrogen-bond donors (Lipinski definition) is 2. The molecule has 1 fully saturated rings. The van der Waals surface area contributed by atoms with Gasteiger partial charge < -0.3 is 5.73 Å². The first-order valence-electron chi connectivity index (χ1n) is 6.51. The van der Waals surface area contributed by atoms with Gasteiger partial charge in [-0.1, -0.05) is 11.6 Å². The summed E-state index contributed by atoms with van der Waals surface area (Å²) in [6.07, 6.45) is 2.84. The Balaban J connectivity index is 2.20. The molecule has 21 heavy (non-hydrogen) atoms. The van der Waals surface area contributed by atoms with Crippen molar-refractivity contribution in [1.82, 2.24) is 4.72 Å². The fourth-order valence-electron chi connectivity index (χ4n) is 2.32. The number of hydrogen-bond acceptors (Lipinski definition) is 5. The number of benzene rings is 1. The molecule has 3 N–H and O–H groups in total. The normalized spacial score (nSPS) is 23.0. The minimum Gasteiger partial charge on any atom is -0.328 e. The molecule has 1 saturated carbocycles. The van der Waals surface area contributed by atoms with Gasteiger partial charge in [-0.05, 0) is 37.8 Å². The number of halogens is 1. The Morgan fingerprint density at radius 2 is 1.90 bits per heavy atom. The van der Waals surface area contributed by atoms with Crippen molar-refractivity contribution in [3.05, 3.63) is 33.3 Å². The van der Waals surface area contributed by atoms with Crippen molar-refractivity contribution in [2.24, 2.45) is 5.73 Å². The minimum absolute atomic E-state index is 0.0948. The molecule has 1 aromatic carbocycles. The first kappa shape index (κ1) is 16.2. The zero-order chi connectivity index (χ0) is 15.6. The molecular formula is C12H16ClN3O4S. The predicted octanol–water partition coefficient (Wildman–Crippen LogP) is 1.80. The fourth-order valence-corrected chi connectivity index (χ4v) is 3.84. The number of nitro benzene ring substituents is 1. The maximum absolute atomic E-state index is 12.3. The van der Waals surface area contributed by atoms with E-state index in [-0.39, 0.29) is 22.0 Å². The summed E-state index contributed by atoms with van der Waals surface area (Å²) in [6, 6.07) is 3.36. The molecule has 0 bridgehead atoms. The van der Waals surface area contributed by atoms with Gasteiger partial charge >= 0.3 is 0 Å². The Labute approximate surface area is 127 Å². The van der Waals surface area contributed by atoms with Crippen LogP contribution in [0, 0.1) is 10.1 Å². The van der Waals surface area contributed by atoms with Crippen LogP contribution >= 0.6 is 11.6 Å². The summed E-state index contributed by atoms with van der Waals surface area (Å²) >= 11 is 5.68. The maximum atomic E-state index is 12.3. The van der Waals surface area contributed by atoms with Gasteiger partial charge in [0.25, 0.3) is 5.69 Å². The molecule has 0 saturated heterocycles. The lowest BCUT2D eigenvalue weighted by Gasteiger charge is -2.26. The van der Waals surface area contributed by atoms with Crippen LogP contribution in [0.15, 0.2) is 23.1 Å². The maximum Gasteiger partial charge on any atom is 0.289 e. The van der Waals surface area contributed by atoms with E-state index in [2.05, 4.69) is 4.72 Å². The molecule has 2 rings (SSSR count). The molecule has 1 aliphatic rings. The minimum atomic E-state index is -3.80. The number of nitrogens with zero attached hydrogens (tertiary/aromatic N) is 1. The average Bonchev–Trinajstić information content (AvgIpc) is 2.41. The molecular weight excluding hydrogens is 318 g/mol. The highest BCUT2D eigenvalue weighted by atomic mass is 35.5. The van der Waals surface area contributed by atoms with Crippen LogP contribution in [0.1, 0.15) is 25.7 Å². The van der Waals surface area contributed by atoms with Crippen molar-refractivity contribution in [3.63, 3.8) is 0 Å². The van der Waals surface area contributed by atoms with Crippen LogP contribution in [-0.4, -0.2) is 25.4 Å². The molecule has 0 amide bonds. The van der Waals surface area contributed by atoms with E-state index in [4.69, 9.17) is 17.3 Å². The molecule has 0 aliphatic heterocycles. The highest BCUT2D eigenvalue weighted by Crippen LogP contribution is 2.27. The van der Waals surface area contributed by atoms with E-state index in [1.54, 1.807) is 0 Å². The van der Waals surface area contributed by atoms with Crippen LogP contribution in [0.4, 0.5) is 5.69 Å². The van der Waals surface area contributed by atoms with Gasteiger partial charge in [-0.3, -0.25) is 10.1 Å². The van der Waals surface area contributed by atoms with E-state index < -0.39 is 20.6 Å². The first-order valence-corrected chi connectivity index (χ1v) is 8.37. The number of nitro groups is 1. The van der Waals surface area contributed by atoms with E-state index >= 15 is 0 Å². The monoisotopic (exact) mass is 333 g/mol. The third-order valence-corrected chi connectivity index (χ3v) is 5.36. The topological polar surface area (TPSA) is 115 Å². The van der Waals surface area contributed by atoms with Gasteiger partial charge in [-0.15, -0.1) is 0 Å². The SMILES string of the molecule is NC1CCC(NS(=O)(=O)c2ccc(Cl)c([N+](=O)[O-])c2)CC1. The molecule has 0 atom stereocenters. The number of nitrogens with one attached hydrogen (secondary N) is 1. The van der Waals surface area contributed by atoms with Crippen LogP contribution in [0.3, 0.4) is 0 Å². The summed E-state index contributed by atoms with van der Waals surface area (Å²) in [6.45, 7) is 0. The second kappa shape index (κ2) is 6.27. The molecule has 9 heteroatoms. The Kier molecular flexibility index (Phi) is 4.82. The summed E-state index contributed by atoms with van der Waals surface area (Å²) < 4.78 is 27.1. The van der Waals surface area contributed by atoms with Crippen LogP contribution in [0.25, 0.3) is 0 Å². The molecule has 0 aromatic heterocycles. The molecule has 0 unspecified atom stereocenters. The van der Waals surface area contributed by atoms with Gasteiger partial charge in [-0.25, -0.2) is 13.1 Å². The Bertz CT molecular complexity index is 642.